The standard InChI is InChI=1S/C14H7BrClN3O3S/c15-10-3-2-8(19(21)22)6-9(10)13(20)18-14-17-11-4-1-7(16)5-12(11)23-14/h1-6H,(H,17,18,20). The van der Waals surface area contributed by atoms with Crippen LogP contribution < -0.4 is 5.32 Å². The molecule has 0 saturated heterocycles. The lowest BCUT2D eigenvalue weighted by Gasteiger charge is -2.04. The number of rotatable bonds is 3. The predicted molar refractivity (Wildman–Crippen MR) is 93.4 cm³/mol. The minimum absolute atomic E-state index is 0.158. The molecule has 0 unspecified atom stereocenters. The quantitative estimate of drug-likeness (QED) is 0.491. The third-order valence-corrected chi connectivity index (χ3v) is 4.84. The molecule has 6 nitrogen and oxygen atoms in total. The number of hydrogen-bond donors (Lipinski definition) is 1. The van der Waals surface area contributed by atoms with Gasteiger partial charge in [0.15, 0.2) is 5.13 Å². The molecule has 23 heavy (non-hydrogen) atoms. The van der Waals surface area contributed by atoms with Gasteiger partial charge in [-0.3, -0.25) is 20.2 Å². The minimum atomic E-state index is -0.553. The van der Waals surface area contributed by atoms with E-state index in [1.807, 2.05) is 0 Å². The van der Waals surface area contributed by atoms with Gasteiger partial charge in [0.2, 0.25) is 0 Å². The van der Waals surface area contributed by atoms with E-state index in [0.717, 1.165) is 4.70 Å². The van der Waals surface area contributed by atoms with Crippen molar-refractivity contribution in [2.75, 3.05) is 5.32 Å². The number of carbonyl (C=O) groups excluding carboxylic acids is 1. The molecule has 0 aliphatic heterocycles. The highest BCUT2D eigenvalue weighted by molar-refractivity contribution is 9.10. The summed E-state index contributed by atoms with van der Waals surface area (Å²) < 4.78 is 1.30. The van der Waals surface area contributed by atoms with Crippen molar-refractivity contribution in [1.82, 2.24) is 4.98 Å². The Hall–Kier alpha value is -2.03. The summed E-state index contributed by atoms with van der Waals surface area (Å²) in [5, 5.41) is 14.5. The first-order valence-electron chi connectivity index (χ1n) is 6.25. The molecule has 1 N–H and O–H groups in total. The number of nitrogens with zero attached hydrogens (tertiary/aromatic N) is 2. The van der Waals surface area contributed by atoms with Crippen molar-refractivity contribution in [2.45, 2.75) is 0 Å². The van der Waals surface area contributed by atoms with Crippen LogP contribution in [0.5, 0.6) is 0 Å². The molecular formula is C14H7BrClN3O3S. The number of aromatic nitrogens is 1. The van der Waals surface area contributed by atoms with Gasteiger partial charge in [-0.1, -0.05) is 22.9 Å². The van der Waals surface area contributed by atoms with Crippen molar-refractivity contribution >= 4 is 65.8 Å². The molecule has 0 fully saturated rings. The summed E-state index contributed by atoms with van der Waals surface area (Å²) in [5.41, 5.74) is 0.721. The fourth-order valence-electron chi connectivity index (χ4n) is 1.92. The fraction of sp³-hybridized carbons (Fsp3) is 0. The maximum atomic E-state index is 12.3. The average molecular weight is 413 g/mol. The van der Waals surface area contributed by atoms with E-state index in [0.29, 0.717) is 20.1 Å². The van der Waals surface area contributed by atoms with Crippen molar-refractivity contribution in [1.29, 1.82) is 0 Å². The largest absolute Gasteiger partial charge is 0.298 e. The van der Waals surface area contributed by atoms with Crippen molar-refractivity contribution in [3.05, 3.63) is 61.6 Å². The summed E-state index contributed by atoms with van der Waals surface area (Å²) in [5.74, 6) is -0.481. The van der Waals surface area contributed by atoms with Crippen LogP contribution in [-0.2, 0) is 0 Å². The van der Waals surface area contributed by atoms with Gasteiger partial charge < -0.3 is 0 Å². The van der Waals surface area contributed by atoms with Gasteiger partial charge in [0.25, 0.3) is 11.6 Å². The van der Waals surface area contributed by atoms with E-state index in [-0.39, 0.29) is 11.3 Å². The highest BCUT2D eigenvalue weighted by atomic mass is 79.9. The summed E-state index contributed by atoms with van der Waals surface area (Å²) >= 11 is 10.4. The van der Waals surface area contributed by atoms with Gasteiger partial charge in [-0.15, -0.1) is 0 Å². The van der Waals surface area contributed by atoms with Crippen molar-refractivity contribution in [3.8, 4) is 0 Å². The molecule has 3 rings (SSSR count). The van der Waals surface area contributed by atoms with Gasteiger partial charge in [-0.25, -0.2) is 4.98 Å². The SMILES string of the molecule is O=C(Nc1nc2ccc(Cl)cc2s1)c1cc([N+](=O)[O-])ccc1Br. The Balaban J connectivity index is 1.91. The molecule has 116 valence electrons. The van der Waals surface area contributed by atoms with Crippen LogP contribution in [0, 0.1) is 10.1 Å². The first-order chi connectivity index (χ1) is 10.9. The average Bonchev–Trinajstić information content (AvgIpc) is 2.88. The zero-order valence-corrected chi connectivity index (χ0v) is 14.4. The minimum Gasteiger partial charge on any atom is -0.298 e. The van der Waals surface area contributed by atoms with Gasteiger partial charge in [-0.2, -0.15) is 0 Å². The summed E-state index contributed by atoms with van der Waals surface area (Å²) in [7, 11) is 0. The van der Waals surface area contributed by atoms with Gasteiger partial charge in [0, 0.05) is 21.6 Å². The molecule has 0 atom stereocenters. The van der Waals surface area contributed by atoms with Gasteiger partial charge >= 0.3 is 0 Å². The van der Waals surface area contributed by atoms with E-state index in [1.165, 1.54) is 29.5 Å². The molecule has 2 aromatic carbocycles. The number of nitro groups is 1. The molecule has 0 radical (unpaired) electrons. The van der Waals surface area contributed by atoms with E-state index in [1.54, 1.807) is 18.2 Å². The molecule has 0 spiro atoms. The highest BCUT2D eigenvalue weighted by Gasteiger charge is 2.17. The zero-order chi connectivity index (χ0) is 16.6. The van der Waals surface area contributed by atoms with Crippen LogP contribution in [-0.4, -0.2) is 15.8 Å². The third kappa shape index (κ3) is 3.34. The molecule has 0 aliphatic rings. The lowest BCUT2D eigenvalue weighted by atomic mass is 10.2. The molecule has 0 bridgehead atoms. The number of non-ortho nitro benzene ring substituents is 1. The number of benzene rings is 2. The number of nitro benzene ring substituents is 1. The Morgan fingerprint density at radius 3 is 2.83 bits per heavy atom. The molecule has 0 aliphatic carbocycles. The summed E-state index contributed by atoms with van der Waals surface area (Å²) in [6, 6.07) is 9.22. The van der Waals surface area contributed by atoms with E-state index >= 15 is 0 Å². The molecule has 3 aromatic rings. The van der Waals surface area contributed by atoms with Crippen LogP contribution in [0.25, 0.3) is 10.2 Å². The first kappa shape index (κ1) is 15.9. The lowest BCUT2D eigenvalue weighted by molar-refractivity contribution is -0.384. The molecule has 0 saturated carbocycles. The second-order valence-electron chi connectivity index (χ2n) is 4.51. The van der Waals surface area contributed by atoms with Crippen molar-refractivity contribution < 1.29 is 9.72 Å². The third-order valence-electron chi connectivity index (χ3n) is 2.98. The summed E-state index contributed by atoms with van der Waals surface area (Å²) in [6.07, 6.45) is 0. The Morgan fingerprint density at radius 1 is 1.30 bits per heavy atom. The number of anilines is 1. The number of nitrogens with one attached hydrogen (secondary N) is 1. The molecule has 9 heteroatoms. The molecular weight excluding hydrogens is 406 g/mol. The topological polar surface area (TPSA) is 85.1 Å². The maximum Gasteiger partial charge on any atom is 0.270 e. The van der Waals surface area contributed by atoms with Crippen LogP contribution in [0.2, 0.25) is 5.02 Å². The second kappa shape index (κ2) is 6.23. The monoisotopic (exact) mass is 411 g/mol. The Kier molecular flexibility index (Phi) is 4.29. The Bertz CT molecular complexity index is 944. The van der Waals surface area contributed by atoms with Crippen molar-refractivity contribution in [2.24, 2.45) is 0 Å². The lowest BCUT2D eigenvalue weighted by Crippen LogP contribution is -2.12. The number of carbonyl (C=O) groups is 1. The van der Waals surface area contributed by atoms with Crippen LogP contribution in [0.4, 0.5) is 10.8 Å². The van der Waals surface area contributed by atoms with Crippen molar-refractivity contribution in [3.63, 3.8) is 0 Å². The zero-order valence-electron chi connectivity index (χ0n) is 11.2. The van der Waals surface area contributed by atoms with Gasteiger partial charge in [0.1, 0.15) is 0 Å². The molecule has 1 amide bonds. The number of fused-ring (bicyclic) bond motifs is 1. The Morgan fingerprint density at radius 2 is 2.09 bits per heavy atom. The highest BCUT2D eigenvalue weighted by Crippen LogP contribution is 2.29. The van der Waals surface area contributed by atoms with E-state index in [4.69, 9.17) is 11.6 Å². The van der Waals surface area contributed by atoms with Crippen LogP contribution in [0.3, 0.4) is 0 Å². The second-order valence-corrected chi connectivity index (χ2v) is 6.83. The predicted octanol–water partition coefficient (Wildman–Crippen LogP) is 4.87. The van der Waals surface area contributed by atoms with Crippen LogP contribution >= 0.6 is 38.9 Å². The number of amides is 1. The summed E-state index contributed by atoms with van der Waals surface area (Å²) in [6.45, 7) is 0. The maximum absolute atomic E-state index is 12.3. The Labute approximate surface area is 147 Å². The fourth-order valence-corrected chi connectivity index (χ4v) is 3.48. The van der Waals surface area contributed by atoms with Gasteiger partial charge in [0.05, 0.1) is 20.7 Å². The molecule has 1 aromatic heterocycles. The normalized spacial score (nSPS) is 10.7. The summed E-state index contributed by atoms with van der Waals surface area (Å²) in [4.78, 5) is 26.9. The van der Waals surface area contributed by atoms with E-state index in [9.17, 15) is 14.9 Å². The first-order valence-corrected chi connectivity index (χ1v) is 8.24. The van der Waals surface area contributed by atoms with Gasteiger partial charge in [-0.05, 0) is 40.2 Å². The molecule has 1 heterocycles. The number of hydrogen-bond acceptors (Lipinski definition) is 5. The van der Waals surface area contributed by atoms with Crippen LogP contribution in [0.1, 0.15) is 10.4 Å². The smallest absolute Gasteiger partial charge is 0.270 e. The number of thiazole rings is 1. The van der Waals surface area contributed by atoms with Crippen LogP contribution in [0.15, 0.2) is 40.9 Å². The van der Waals surface area contributed by atoms with E-state index in [2.05, 4.69) is 26.2 Å². The van der Waals surface area contributed by atoms with E-state index < -0.39 is 10.8 Å². The number of halogens is 2.